The highest BCUT2D eigenvalue weighted by molar-refractivity contribution is 9.10. The number of nitrogens with zero attached hydrogens (tertiary/aromatic N) is 2. The van der Waals surface area contributed by atoms with Gasteiger partial charge >= 0.3 is 0 Å². The number of aromatic nitrogens is 2. The molecule has 18 heavy (non-hydrogen) atoms. The second kappa shape index (κ2) is 5.63. The predicted molar refractivity (Wildman–Crippen MR) is 70.7 cm³/mol. The summed E-state index contributed by atoms with van der Waals surface area (Å²) in [5.41, 5.74) is 0.870. The van der Waals surface area contributed by atoms with E-state index >= 15 is 0 Å². The Morgan fingerprint density at radius 3 is 2.89 bits per heavy atom. The maximum absolute atomic E-state index is 13.8. The fourth-order valence-corrected chi connectivity index (χ4v) is 2.19. The second-order valence-corrected chi connectivity index (χ2v) is 4.96. The third-order valence-electron chi connectivity index (χ3n) is 2.72. The molecule has 1 unspecified atom stereocenters. The average Bonchev–Trinajstić information content (AvgIpc) is 2.77. The van der Waals surface area contributed by atoms with Gasteiger partial charge in [-0.3, -0.25) is 4.68 Å². The van der Waals surface area contributed by atoms with Gasteiger partial charge in [0.1, 0.15) is 11.9 Å². The van der Waals surface area contributed by atoms with E-state index in [0.29, 0.717) is 16.7 Å². The van der Waals surface area contributed by atoms with E-state index < -0.39 is 11.9 Å². The predicted octanol–water partition coefficient (Wildman–Crippen LogP) is 3.28. The van der Waals surface area contributed by atoms with Crippen molar-refractivity contribution < 1.29 is 9.50 Å². The maximum Gasteiger partial charge on any atom is 0.130 e. The van der Waals surface area contributed by atoms with E-state index in [9.17, 15) is 9.50 Å². The van der Waals surface area contributed by atoms with Gasteiger partial charge in [-0.2, -0.15) is 5.10 Å². The van der Waals surface area contributed by atoms with Crippen molar-refractivity contribution in [2.75, 3.05) is 0 Å². The Balaban J connectivity index is 2.35. The molecule has 1 N–H and O–H groups in total. The summed E-state index contributed by atoms with van der Waals surface area (Å²) in [5, 5.41) is 14.4. The molecule has 0 amide bonds. The fourth-order valence-electron chi connectivity index (χ4n) is 1.86. The lowest BCUT2D eigenvalue weighted by molar-refractivity contribution is 0.202. The quantitative estimate of drug-likeness (QED) is 0.941. The smallest absolute Gasteiger partial charge is 0.130 e. The molecule has 0 fully saturated rings. The topological polar surface area (TPSA) is 38.0 Å². The van der Waals surface area contributed by atoms with Crippen molar-refractivity contribution in [3.8, 4) is 0 Å². The van der Waals surface area contributed by atoms with Gasteiger partial charge in [0.05, 0.1) is 5.69 Å². The van der Waals surface area contributed by atoms with Gasteiger partial charge in [-0.1, -0.05) is 28.9 Å². The third kappa shape index (κ3) is 2.62. The summed E-state index contributed by atoms with van der Waals surface area (Å²) in [4.78, 5) is 0. The molecule has 5 heteroatoms. The molecule has 0 aliphatic carbocycles. The highest BCUT2D eigenvalue weighted by atomic mass is 79.9. The van der Waals surface area contributed by atoms with Gasteiger partial charge in [-0.05, 0) is 24.6 Å². The van der Waals surface area contributed by atoms with Crippen molar-refractivity contribution in [1.82, 2.24) is 9.78 Å². The summed E-state index contributed by atoms with van der Waals surface area (Å²) < 4.78 is 16.1. The van der Waals surface area contributed by atoms with E-state index in [1.807, 2.05) is 6.92 Å². The van der Waals surface area contributed by atoms with Crippen LogP contribution in [0.15, 0.2) is 34.9 Å². The van der Waals surface area contributed by atoms with Crippen LogP contribution in [0.5, 0.6) is 0 Å². The first kappa shape index (κ1) is 13.2. The van der Waals surface area contributed by atoms with Gasteiger partial charge in [0.25, 0.3) is 0 Å². The Morgan fingerprint density at radius 1 is 1.44 bits per heavy atom. The molecule has 0 saturated carbocycles. The number of benzene rings is 1. The number of hydrogen-bond donors (Lipinski definition) is 1. The molecular formula is C13H14BrFN2O. The van der Waals surface area contributed by atoms with Crippen molar-refractivity contribution in [3.05, 3.63) is 52.0 Å². The van der Waals surface area contributed by atoms with E-state index in [2.05, 4.69) is 21.0 Å². The Bertz CT molecular complexity index is 542. The molecule has 0 saturated heterocycles. The standard InChI is InChI=1S/C13H14BrFN2O/c1-2-7-17-12(5-6-16-17)13(18)10-4-3-9(14)8-11(10)15/h3-6,8,13,18H,2,7H2,1H3. The largest absolute Gasteiger partial charge is 0.382 e. The third-order valence-corrected chi connectivity index (χ3v) is 3.22. The minimum absolute atomic E-state index is 0.260. The molecule has 1 atom stereocenters. The summed E-state index contributed by atoms with van der Waals surface area (Å²) in [6, 6.07) is 6.34. The molecule has 0 radical (unpaired) electrons. The Morgan fingerprint density at radius 2 is 2.22 bits per heavy atom. The van der Waals surface area contributed by atoms with Crippen molar-refractivity contribution in [1.29, 1.82) is 0 Å². The molecule has 3 nitrogen and oxygen atoms in total. The molecule has 0 spiro atoms. The van der Waals surface area contributed by atoms with Crippen molar-refractivity contribution >= 4 is 15.9 Å². The number of halogens is 2. The Hall–Kier alpha value is -1.20. The van der Waals surface area contributed by atoms with Gasteiger partial charge < -0.3 is 5.11 Å². The molecule has 1 aromatic heterocycles. The fraction of sp³-hybridized carbons (Fsp3) is 0.308. The van der Waals surface area contributed by atoms with Crippen LogP contribution >= 0.6 is 15.9 Å². The minimum atomic E-state index is -0.993. The summed E-state index contributed by atoms with van der Waals surface area (Å²) in [6.45, 7) is 2.73. The normalized spacial score (nSPS) is 12.7. The molecule has 96 valence electrons. The number of rotatable bonds is 4. The number of hydrogen-bond acceptors (Lipinski definition) is 2. The Labute approximate surface area is 113 Å². The SMILES string of the molecule is CCCn1nccc1C(O)c1ccc(Br)cc1F. The van der Waals surface area contributed by atoms with Crippen LogP contribution in [0.2, 0.25) is 0 Å². The zero-order valence-electron chi connectivity index (χ0n) is 9.98. The molecule has 1 aromatic carbocycles. The monoisotopic (exact) mass is 312 g/mol. The number of aliphatic hydroxyl groups is 1. The lowest BCUT2D eigenvalue weighted by Crippen LogP contribution is -2.11. The molecule has 0 bridgehead atoms. The number of aliphatic hydroxyl groups excluding tert-OH is 1. The summed E-state index contributed by atoms with van der Waals surface area (Å²) in [5.74, 6) is -0.430. The first-order chi connectivity index (χ1) is 8.63. The zero-order valence-corrected chi connectivity index (χ0v) is 11.6. The molecule has 2 aromatic rings. The van der Waals surface area contributed by atoms with Crippen LogP contribution < -0.4 is 0 Å². The molecule has 0 aliphatic rings. The summed E-state index contributed by atoms with van der Waals surface area (Å²) in [6.07, 6.45) is 1.53. The van der Waals surface area contributed by atoms with Crippen LogP contribution in [0.25, 0.3) is 0 Å². The van der Waals surface area contributed by atoms with Crippen molar-refractivity contribution in [2.24, 2.45) is 0 Å². The van der Waals surface area contributed by atoms with Gasteiger partial charge in [0, 0.05) is 22.8 Å². The van der Waals surface area contributed by atoms with Crippen LogP contribution in [0.1, 0.15) is 30.7 Å². The van der Waals surface area contributed by atoms with Crippen LogP contribution in [0.4, 0.5) is 4.39 Å². The van der Waals surface area contributed by atoms with Gasteiger partial charge in [0.15, 0.2) is 0 Å². The van der Waals surface area contributed by atoms with Crippen molar-refractivity contribution in [2.45, 2.75) is 26.0 Å². The van der Waals surface area contributed by atoms with Crippen LogP contribution in [-0.2, 0) is 6.54 Å². The number of aryl methyl sites for hydroxylation is 1. The summed E-state index contributed by atoms with van der Waals surface area (Å²) >= 11 is 3.19. The van der Waals surface area contributed by atoms with E-state index in [0.717, 1.165) is 6.42 Å². The van der Waals surface area contributed by atoms with E-state index in [4.69, 9.17) is 0 Å². The first-order valence-electron chi connectivity index (χ1n) is 5.78. The molecule has 0 aliphatic heterocycles. The first-order valence-corrected chi connectivity index (χ1v) is 6.57. The van der Waals surface area contributed by atoms with Gasteiger partial charge in [0.2, 0.25) is 0 Å². The van der Waals surface area contributed by atoms with Gasteiger partial charge in [-0.25, -0.2) is 4.39 Å². The van der Waals surface area contributed by atoms with E-state index in [1.165, 1.54) is 6.07 Å². The van der Waals surface area contributed by atoms with E-state index in [1.54, 1.807) is 29.1 Å². The van der Waals surface area contributed by atoms with Crippen LogP contribution in [0, 0.1) is 5.82 Å². The minimum Gasteiger partial charge on any atom is -0.382 e. The highest BCUT2D eigenvalue weighted by Gasteiger charge is 2.18. The van der Waals surface area contributed by atoms with Crippen molar-refractivity contribution in [3.63, 3.8) is 0 Å². The lowest BCUT2D eigenvalue weighted by atomic mass is 10.1. The average molecular weight is 313 g/mol. The molecule has 2 rings (SSSR count). The summed E-state index contributed by atoms with van der Waals surface area (Å²) in [7, 11) is 0. The Kier molecular flexibility index (Phi) is 4.14. The second-order valence-electron chi connectivity index (χ2n) is 4.05. The molecule has 1 heterocycles. The molecular weight excluding hydrogens is 299 g/mol. The highest BCUT2D eigenvalue weighted by Crippen LogP contribution is 2.26. The van der Waals surface area contributed by atoms with Crippen LogP contribution in [0.3, 0.4) is 0 Å². The lowest BCUT2D eigenvalue weighted by Gasteiger charge is -2.14. The maximum atomic E-state index is 13.8. The van der Waals surface area contributed by atoms with E-state index in [-0.39, 0.29) is 5.56 Å². The zero-order chi connectivity index (χ0) is 13.1. The van der Waals surface area contributed by atoms with Gasteiger partial charge in [-0.15, -0.1) is 0 Å². The van der Waals surface area contributed by atoms with Crippen LogP contribution in [-0.4, -0.2) is 14.9 Å².